The Balaban J connectivity index is 2.31. The molecule has 6 nitrogen and oxygen atoms in total. The van der Waals surface area contributed by atoms with E-state index in [4.69, 9.17) is 0 Å². The van der Waals surface area contributed by atoms with E-state index in [2.05, 4.69) is 10.3 Å². The fourth-order valence-electron chi connectivity index (χ4n) is 1.67. The van der Waals surface area contributed by atoms with Crippen molar-refractivity contribution in [1.82, 2.24) is 15.2 Å². The average molecular weight is 251 g/mol. The van der Waals surface area contributed by atoms with Gasteiger partial charge in [0.2, 0.25) is 11.8 Å². The minimum Gasteiger partial charge on any atom is -0.317 e. The van der Waals surface area contributed by atoms with Gasteiger partial charge in [-0.1, -0.05) is 0 Å². The summed E-state index contributed by atoms with van der Waals surface area (Å²) >= 11 is 0. The van der Waals surface area contributed by atoms with Crippen LogP contribution in [0.1, 0.15) is 17.3 Å². The molecule has 94 valence electrons. The van der Waals surface area contributed by atoms with Crippen LogP contribution in [0.3, 0.4) is 0 Å². The van der Waals surface area contributed by atoms with Gasteiger partial charge in [-0.2, -0.15) is 0 Å². The zero-order valence-corrected chi connectivity index (χ0v) is 9.51. The van der Waals surface area contributed by atoms with Gasteiger partial charge in [0.05, 0.1) is 11.8 Å². The van der Waals surface area contributed by atoms with Gasteiger partial charge in [-0.25, -0.2) is 4.39 Å². The lowest BCUT2D eigenvalue weighted by Crippen LogP contribution is -2.58. The standard InChI is InChI=1S/C11H10FN3O3/c1-6-10(17)14-9(16)5-15(6)11(18)7-2-3-13-4-8(7)12/h2-4,6H,5H2,1H3,(H,14,16,17). The van der Waals surface area contributed by atoms with E-state index in [1.165, 1.54) is 19.2 Å². The molecule has 1 N–H and O–H groups in total. The lowest BCUT2D eigenvalue weighted by atomic mass is 10.1. The summed E-state index contributed by atoms with van der Waals surface area (Å²) in [6, 6.07) is 0.393. The molecule has 1 aromatic heterocycles. The van der Waals surface area contributed by atoms with E-state index in [1.807, 2.05) is 0 Å². The Hall–Kier alpha value is -2.31. The van der Waals surface area contributed by atoms with Crippen molar-refractivity contribution >= 4 is 17.7 Å². The second-order valence-electron chi connectivity index (χ2n) is 3.88. The van der Waals surface area contributed by atoms with Crippen molar-refractivity contribution < 1.29 is 18.8 Å². The Morgan fingerprint density at radius 3 is 2.94 bits per heavy atom. The summed E-state index contributed by atoms with van der Waals surface area (Å²) in [5.74, 6) is -2.64. The maximum Gasteiger partial charge on any atom is 0.258 e. The number of aromatic nitrogens is 1. The van der Waals surface area contributed by atoms with E-state index in [-0.39, 0.29) is 12.1 Å². The molecule has 2 rings (SSSR count). The van der Waals surface area contributed by atoms with E-state index in [1.54, 1.807) is 0 Å². The minimum atomic E-state index is -0.817. The van der Waals surface area contributed by atoms with Crippen LogP contribution in [0.4, 0.5) is 4.39 Å². The number of piperazine rings is 1. The fraction of sp³-hybridized carbons (Fsp3) is 0.273. The quantitative estimate of drug-likeness (QED) is 0.695. The number of amides is 3. The third-order valence-corrected chi connectivity index (χ3v) is 2.69. The highest BCUT2D eigenvalue weighted by Crippen LogP contribution is 2.13. The number of carbonyl (C=O) groups is 3. The first-order chi connectivity index (χ1) is 8.50. The highest BCUT2D eigenvalue weighted by atomic mass is 19.1. The third-order valence-electron chi connectivity index (χ3n) is 2.69. The first-order valence-corrected chi connectivity index (χ1v) is 5.25. The van der Waals surface area contributed by atoms with E-state index in [0.29, 0.717) is 0 Å². The van der Waals surface area contributed by atoms with Crippen LogP contribution in [-0.2, 0) is 9.59 Å². The number of rotatable bonds is 1. The summed E-state index contributed by atoms with van der Waals surface area (Å²) in [6.45, 7) is 1.20. The number of hydrogen-bond acceptors (Lipinski definition) is 4. The van der Waals surface area contributed by atoms with Gasteiger partial charge in [0.1, 0.15) is 12.6 Å². The summed E-state index contributed by atoms with van der Waals surface area (Å²) in [5.41, 5.74) is -0.209. The predicted octanol–water partition coefficient (Wildman–Crippen LogP) is -0.292. The van der Waals surface area contributed by atoms with Crippen LogP contribution >= 0.6 is 0 Å². The van der Waals surface area contributed by atoms with Gasteiger partial charge in [-0.05, 0) is 13.0 Å². The normalized spacial score (nSPS) is 19.7. The Morgan fingerprint density at radius 1 is 1.56 bits per heavy atom. The molecule has 0 spiro atoms. The lowest BCUT2D eigenvalue weighted by Gasteiger charge is -2.31. The Bertz CT molecular complexity index is 532. The van der Waals surface area contributed by atoms with Gasteiger partial charge in [-0.3, -0.25) is 24.7 Å². The summed E-state index contributed by atoms with van der Waals surface area (Å²) < 4.78 is 13.4. The van der Waals surface area contributed by atoms with Gasteiger partial charge in [0.25, 0.3) is 5.91 Å². The second kappa shape index (κ2) is 4.52. The zero-order chi connectivity index (χ0) is 13.3. The highest BCUT2D eigenvalue weighted by molar-refractivity contribution is 6.07. The van der Waals surface area contributed by atoms with Crippen LogP contribution in [0.25, 0.3) is 0 Å². The molecule has 1 aliphatic rings. The molecule has 0 aromatic carbocycles. The van der Waals surface area contributed by atoms with Crippen molar-refractivity contribution in [2.75, 3.05) is 6.54 Å². The molecule has 0 aliphatic carbocycles. The smallest absolute Gasteiger partial charge is 0.258 e. The molecule has 1 aliphatic heterocycles. The largest absolute Gasteiger partial charge is 0.317 e. The van der Waals surface area contributed by atoms with Crippen molar-refractivity contribution in [1.29, 1.82) is 0 Å². The number of halogens is 1. The summed E-state index contributed by atoms with van der Waals surface area (Å²) in [6.07, 6.45) is 2.18. The molecule has 0 radical (unpaired) electrons. The monoisotopic (exact) mass is 251 g/mol. The summed E-state index contributed by atoms with van der Waals surface area (Å²) in [5, 5.41) is 2.10. The van der Waals surface area contributed by atoms with Crippen LogP contribution < -0.4 is 5.32 Å². The van der Waals surface area contributed by atoms with Crippen LogP contribution in [0.2, 0.25) is 0 Å². The summed E-state index contributed by atoms with van der Waals surface area (Å²) in [7, 11) is 0. The van der Waals surface area contributed by atoms with Crippen molar-refractivity contribution in [2.24, 2.45) is 0 Å². The van der Waals surface area contributed by atoms with Crippen LogP contribution in [0, 0.1) is 5.82 Å². The maximum atomic E-state index is 13.4. The molecule has 1 unspecified atom stereocenters. The molecular formula is C11H10FN3O3. The first-order valence-electron chi connectivity index (χ1n) is 5.25. The van der Waals surface area contributed by atoms with Crippen molar-refractivity contribution in [2.45, 2.75) is 13.0 Å². The SMILES string of the molecule is CC1C(=O)NC(=O)CN1C(=O)c1ccncc1F. The van der Waals surface area contributed by atoms with Gasteiger partial charge in [0, 0.05) is 6.20 Å². The lowest BCUT2D eigenvalue weighted by molar-refractivity contribution is -0.138. The molecule has 2 heterocycles. The number of carbonyl (C=O) groups excluding carboxylic acids is 3. The maximum absolute atomic E-state index is 13.4. The highest BCUT2D eigenvalue weighted by Gasteiger charge is 2.34. The van der Waals surface area contributed by atoms with Crippen LogP contribution in [0.15, 0.2) is 18.5 Å². The van der Waals surface area contributed by atoms with Crippen LogP contribution in [0.5, 0.6) is 0 Å². The molecular weight excluding hydrogens is 241 g/mol. The minimum absolute atomic E-state index is 0.209. The number of nitrogens with zero attached hydrogens (tertiary/aromatic N) is 2. The van der Waals surface area contributed by atoms with E-state index in [0.717, 1.165) is 11.1 Å². The van der Waals surface area contributed by atoms with Crippen LogP contribution in [-0.4, -0.2) is 40.2 Å². The topological polar surface area (TPSA) is 79.4 Å². The number of nitrogens with one attached hydrogen (secondary N) is 1. The molecule has 18 heavy (non-hydrogen) atoms. The Morgan fingerprint density at radius 2 is 2.28 bits per heavy atom. The third kappa shape index (κ3) is 2.06. The molecule has 7 heteroatoms. The average Bonchev–Trinajstić information content (AvgIpc) is 2.33. The van der Waals surface area contributed by atoms with Gasteiger partial charge in [0.15, 0.2) is 5.82 Å². The van der Waals surface area contributed by atoms with E-state index >= 15 is 0 Å². The number of pyridine rings is 1. The van der Waals surface area contributed by atoms with Crippen molar-refractivity contribution in [3.8, 4) is 0 Å². The molecule has 1 saturated heterocycles. The van der Waals surface area contributed by atoms with E-state index in [9.17, 15) is 18.8 Å². The number of imide groups is 1. The molecule has 0 saturated carbocycles. The fourth-order valence-corrected chi connectivity index (χ4v) is 1.67. The zero-order valence-electron chi connectivity index (χ0n) is 9.51. The Kier molecular flexibility index (Phi) is 3.05. The molecule has 1 aromatic rings. The predicted molar refractivity (Wildman–Crippen MR) is 57.8 cm³/mol. The van der Waals surface area contributed by atoms with Gasteiger partial charge < -0.3 is 4.90 Å². The van der Waals surface area contributed by atoms with Gasteiger partial charge in [-0.15, -0.1) is 0 Å². The Labute approximate surface area is 102 Å². The molecule has 3 amide bonds. The number of hydrogen-bond donors (Lipinski definition) is 1. The molecule has 0 bridgehead atoms. The van der Waals surface area contributed by atoms with Crippen molar-refractivity contribution in [3.05, 3.63) is 29.8 Å². The first kappa shape index (κ1) is 12.2. The second-order valence-corrected chi connectivity index (χ2v) is 3.88. The molecule has 1 atom stereocenters. The van der Waals surface area contributed by atoms with E-state index < -0.39 is 29.6 Å². The summed E-state index contributed by atoms with van der Waals surface area (Å²) in [4.78, 5) is 39.2. The molecule has 1 fully saturated rings. The van der Waals surface area contributed by atoms with Gasteiger partial charge >= 0.3 is 0 Å². The van der Waals surface area contributed by atoms with Crippen molar-refractivity contribution in [3.63, 3.8) is 0 Å².